The molecule has 2 aliphatic rings. The predicted octanol–water partition coefficient (Wildman–Crippen LogP) is 2.94. The predicted molar refractivity (Wildman–Crippen MR) is 119 cm³/mol. The number of hydrogen-bond acceptors (Lipinski definition) is 6. The van der Waals surface area contributed by atoms with Crippen LogP contribution in [0, 0.1) is 0 Å². The highest BCUT2D eigenvalue weighted by Gasteiger charge is 2.28. The lowest BCUT2D eigenvalue weighted by atomic mass is 10.2. The largest absolute Gasteiger partial charge is 0.379 e. The number of aryl methyl sites for hydroxylation is 1. The summed E-state index contributed by atoms with van der Waals surface area (Å²) >= 11 is 1.63. The topological polar surface area (TPSA) is 79.0 Å². The standard InChI is InChI=1S/C21H27N3O4S2/c25-21(8-5-17-4-3-15-29-17)22-19-16-18(6-7-20(19)23-9-1-2-10-23)30(26,27)24-11-13-28-14-12-24/h3-4,6-7,15-16H,1-2,5,8-14H2,(H,22,25). The fourth-order valence-electron chi connectivity index (χ4n) is 3.85. The molecule has 4 rings (SSSR count). The number of nitrogens with one attached hydrogen (secondary N) is 1. The summed E-state index contributed by atoms with van der Waals surface area (Å²) in [4.78, 5) is 16.2. The maximum absolute atomic E-state index is 13.1. The van der Waals surface area contributed by atoms with Gasteiger partial charge >= 0.3 is 0 Å². The number of benzene rings is 1. The van der Waals surface area contributed by atoms with E-state index in [0.29, 0.717) is 44.8 Å². The van der Waals surface area contributed by atoms with Crippen molar-refractivity contribution in [2.45, 2.75) is 30.6 Å². The molecule has 2 aliphatic heterocycles. The maximum Gasteiger partial charge on any atom is 0.243 e. The van der Waals surface area contributed by atoms with Gasteiger partial charge in [-0.3, -0.25) is 4.79 Å². The number of carbonyl (C=O) groups is 1. The van der Waals surface area contributed by atoms with Crippen LogP contribution in [0.1, 0.15) is 24.1 Å². The number of anilines is 2. The zero-order valence-corrected chi connectivity index (χ0v) is 18.5. The minimum Gasteiger partial charge on any atom is -0.379 e. The van der Waals surface area contributed by atoms with E-state index in [1.807, 2.05) is 23.6 Å². The third-order valence-corrected chi connectivity index (χ3v) is 8.31. The normalized spacial score (nSPS) is 17.9. The van der Waals surface area contributed by atoms with E-state index in [2.05, 4.69) is 10.2 Å². The number of nitrogens with zero attached hydrogens (tertiary/aromatic N) is 2. The van der Waals surface area contributed by atoms with Crippen molar-refractivity contribution in [2.75, 3.05) is 49.6 Å². The molecule has 1 N–H and O–H groups in total. The number of rotatable bonds is 7. The van der Waals surface area contributed by atoms with Crippen LogP contribution in [0.3, 0.4) is 0 Å². The SMILES string of the molecule is O=C(CCc1cccs1)Nc1cc(S(=O)(=O)N2CCOCC2)ccc1N1CCCC1. The molecule has 0 atom stereocenters. The van der Waals surface area contributed by atoms with Crippen LogP contribution in [0.25, 0.3) is 0 Å². The molecular weight excluding hydrogens is 422 g/mol. The van der Waals surface area contributed by atoms with Crippen molar-refractivity contribution in [1.82, 2.24) is 4.31 Å². The van der Waals surface area contributed by atoms with E-state index in [9.17, 15) is 13.2 Å². The van der Waals surface area contributed by atoms with Crippen molar-refractivity contribution < 1.29 is 17.9 Å². The lowest BCUT2D eigenvalue weighted by molar-refractivity contribution is -0.116. The second-order valence-corrected chi connectivity index (χ2v) is 10.5. The van der Waals surface area contributed by atoms with E-state index in [1.54, 1.807) is 23.5 Å². The number of sulfonamides is 1. The number of hydrogen-bond donors (Lipinski definition) is 1. The fraction of sp³-hybridized carbons (Fsp3) is 0.476. The van der Waals surface area contributed by atoms with Crippen molar-refractivity contribution in [1.29, 1.82) is 0 Å². The first-order valence-corrected chi connectivity index (χ1v) is 12.7. The fourth-order valence-corrected chi connectivity index (χ4v) is 5.99. The highest BCUT2D eigenvalue weighted by Crippen LogP contribution is 2.32. The van der Waals surface area contributed by atoms with E-state index in [1.165, 1.54) is 4.31 Å². The van der Waals surface area contributed by atoms with Gasteiger partial charge in [-0.05, 0) is 48.9 Å². The quantitative estimate of drug-likeness (QED) is 0.703. The summed E-state index contributed by atoms with van der Waals surface area (Å²) in [7, 11) is -3.62. The molecule has 0 spiro atoms. The Labute approximate surface area is 181 Å². The molecule has 2 fully saturated rings. The van der Waals surface area contributed by atoms with E-state index in [-0.39, 0.29) is 10.8 Å². The Morgan fingerprint density at radius 1 is 1.10 bits per heavy atom. The molecule has 30 heavy (non-hydrogen) atoms. The molecule has 1 amide bonds. The molecule has 9 heteroatoms. The summed E-state index contributed by atoms with van der Waals surface area (Å²) < 4.78 is 32.9. The molecule has 2 aromatic rings. The van der Waals surface area contributed by atoms with Crippen LogP contribution in [-0.4, -0.2) is 58.0 Å². The molecule has 0 radical (unpaired) electrons. The highest BCUT2D eigenvalue weighted by atomic mass is 32.2. The molecule has 0 saturated carbocycles. The molecule has 0 aliphatic carbocycles. The van der Waals surface area contributed by atoms with Crippen molar-refractivity contribution in [3.63, 3.8) is 0 Å². The average Bonchev–Trinajstić information content (AvgIpc) is 3.47. The van der Waals surface area contributed by atoms with Gasteiger partial charge in [0.1, 0.15) is 0 Å². The Morgan fingerprint density at radius 3 is 2.57 bits per heavy atom. The van der Waals surface area contributed by atoms with Gasteiger partial charge in [0, 0.05) is 37.5 Å². The Bertz CT molecular complexity index is 964. The Kier molecular flexibility index (Phi) is 6.72. The van der Waals surface area contributed by atoms with Gasteiger partial charge in [0.2, 0.25) is 15.9 Å². The molecule has 3 heterocycles. The number of amides is 1. The van der Waals surface area contributed by atoms with Crippen LogP contribution in [0.15, 0.2) is 40.6 Å². The smallest absolute Gasteiger partial charge is 0.243 e. The first-order chi connectivity index (χ1) is 14.5. The van der Waals surface area contributed by atoms with Gasteiger partial charge in [-0.1, -0.05) is 6.07 Å². The summed E-state index contributed by atoms with van der Waals surface area (Å²) in [6.45, 7) is 3.31. The Hall–Kier alpha value is -1.94. The molecular formula is C21H27N3O4S2. The molecule has 0 unspecified atom stereocenters. The third-order valence-electron chi connectivity index (χ3n) is 5.48. The second-order valence-electron chi connectivity index (χ2n) is 7.52. The summed E-state index contributed by atoms with van der Waals surface area (Å²) in [6, 6.07) is 9.08. The van der Waals surface area contributed by atoms with Crippen LogP contribution in [0.4, 0.5) is 11.4 Å². The summed E-state index contributed by atoms with van der Waals surface area (Å²) in [5.74, 6) is -0.107. The van der Waals surface area contributed by atoms with E-state index in [0.717, 1.165) is 36.5 Å². The van der Waals surface area contributed by atoms with Crippen LogP contribution in [0.5, 0.6) is 0 Å². The van der Waals surface area contributed by atoms with E-state index < -0.39 is 10.0 Å². The van der Waals surface area contributed by atoms with Gasteiger partial charge in [0.05, 0.1) is 29.5 Å². The second kappa shape index (κ2) is 9.47. The molecule has 162 valence electrons. The van der Waals surface area contributed by atoms with Gasteiger partial charge in [-0.15, -0.1) is 11.3 Å². The summed E-state index contributed by atoms with van der Waals surface area (Å²) in [6.07, 6.45) is 3.23. The van der Waals surface area contributed by atoms with Crippen molar-refractivity contribution in [3.8, 4) is 0 Å². The van der Waals surface area contributed by atoms with Crippen LogP contribution < -0.4 is 10.2 Å². The van der Waals surface area contributed by atoms with Crippen molar-refractivity contribution in [2.24, 2.45) is 0 Å². The average molecular weight is 450 g/mol. The first kappa shape index (κ1) is 21.3. The zero-order valence-electron chi connectivity index (χ0n) is 16.9. The molecule has 1 aromatic carbocycles. The lowest BCUT2D eigenvalue weighted by Crippen LogP contribution is -2.40. The van der Waals surface area contributed by atoms with Crippen LogP contribution >= 0.6 is 11.3 Å². The van der Waals surface area contributed by atoms with Gasteiger partial charge in [0.15, 0.2) is 0 Å². The third kappa shape index (κ3) is 4.85. The number of ether oxygens (including phenoxy) is 1. The van der Waals surface area contributed by atoms with Gasteiger partial charge in [-0.25, -0.2) is 8.42 Å². The van der Waals surface area contributed by atoms with E-state index >= 15 is 0 Å². The highest BCUT2D eigenvalue weighted by molar-refractivity contribution is 7.89. The van der Waals surface area contributed by atoms with E-state index in [4.69, 9.17) is 4.74 Å². The molecule has 1 aromatic heterocycles. The number of morpholine rings is 1. The van der Waals surface area contributed by atoms with Gasteiger partial charge in [-0.2, -0.15) is 4.31 Å². The molecule has 7 nitrogen and oxygen atoms in total. The molecule has 2 saturated heterocycles. The monoisotopic (exact) mass is 449 g/mol. The van der Waals surface area contributed by atoms with Crippen LogP contribution in [-0.2, 0) is 26.0 Å². The van der Waals surface area contributed by atoms with Gasteiger partial charge < -0.3 is 15.0 Å². The Morgan fingerprint density at radius 2 is 1.87 bits per heavy atom. The summed E-state index contributed by atoms with van der Waals surface area (Å²) in [5.41, 5.74) is 1.46. The minimum atomic E-state index is -3.62. The minimum absolute atomic E-state index is 0.107. The molecule has 0 bridgehead atoms. The van der Waals surface area contributed by atoms with Crippen LogP contribution in [0.2, 0.25) is 0 Å². The zero-order chi connectivity index (χ0) is 21.0. The first-order valence-electron chi connectivity index (χ1n) is 10.3. The Balaban J connectivity index is 1.56. The van der Waals surface area contributed by atoms with Gasteiger partial charge in [0.25, 0.3) is 0 Å². The lowest BCUT2D eigenvalue weighted by Gasteiger charge is -2.27. The van der Waals surface area contributed by atoms with Crippen molar-refractivity contribution >= 4 is 38.6 Å². The van der Waals surface area contributed by atoms with Crippen molar-refractivity contribution in [3.05, 3.63) is 40.6 Å². The number of carbonyl (C=O) groups excluding carboxylic acids is 1. The maximum atomic E-state index is 13.1. The number of thiophene rings is 1. The summed E-state index contributed by atoms with van der Waals surface area (Å²) in [5, 5.41) is 4.98.